The number of nitrogens with one attached hydrogen (secondary N) is 2. The van der Waals surface area contributed by atoms with Gasteiger partial charge in [-0.25, -0.2) is 0 Å². The number of piperidine rings is 1. The summed E-state index contributed by atoms with van der Waals surface area (Å²) in [4.78, 5) is 14.3. The van der Waals surface area contributed by atoms with Crippen molar-refractivity contribution < 1.29 is 4.79 Å². The third-order valence-electron chi connectivity index (χ3n) is 4.36. The molecule has 2 rings (SSSR count). The number of amides is 1. The molecule has 138 valence electrons. The molecule has 1 aliphatic rings. The maximum Gasteiger partial charge on any atom is 0.224 e. The first kappa shape index (κ1) is 23.3. The van der Waals surface area contributed by atoms with Gasteiger partial charge in [0.1, 0.15) is 0 Å². The van der Waals surface area contributed by atoms with E-state index in [1.165, 1.54) is 12.8 Å². The minimum atomic E-state index is 0. The van der Waals surface area contributed by atoms with E-state index in [-0.39, 0.29) is 30.7 Å². The number of carbonyl (C=O) groups excluding carboxylic acids is 1. The third-order valence-corrected chi connectivity index (χ3v) is 4.60. The van der Waals surface area contributed by atoms with Gasteiger partial charge in [0.05, 0.1) is 11.4 Å². The quantitative estimate of drug-likeness (QED) is 0.783. The lowest BCUT2D eigenvalue weighted by atomic mass is 9.85. The highest BCUT2D eigenvalue weighted by molar-refractivity contribution is 6.31. The van der Waals surface area contributed by atoms with Crippen LogP contribution in [0.4, 0.5) is 11.4 Å². The average molecular weight is 397 g/mol. The number of nitrogens with zero attached hydrogens (tertiary/aromatic N) is 1. The van der Waals surface area contributed by atoms with Crippen LogP contribution in [0.15, 0.2) is 18.2 Å². The summed E-state index contributed by atoms with van der Waals surface area (Å²) in [5, 5.41) is 7.06. The average Bonchev–Trinajstić information content (AvgIpc) is 2.47. The summed E-state index contributed by atoms with van der Waals surface area (Å²) >= 11 is 6.05. The largest absolute Gasteiger partial charge is 0.376 e. The van der Waals surface area contributed by atoms with E-state index in [4.69, 9.17) is 11.6 Å². The maximum absolute atomic E-state index is 12.4. The highest BCUT2D eigenvalue weighted by Gasteiger charge is 2.22. The standard InChI is InChI=1S/C17H26ClN3O.2ClH/c1-12(13-5-4-8-19-11-13)9-17(22)20-15-10-14(18)6-7-16(15)21(2)3;;/h6-7,10,12-13,19H,4-5,8-9,11H2,1-3H3,(H,20,22);2*1H. The summed E-state index contributed by atoms with van der Waals surface area (Å²) in [6.45, 7) is 4.29. The third kappa shape index (κ3) is 6.67. The number of rotatable bonds is 5. The van der Waals surface area contributed by atoms with Crippen molar-refractivity contribution in [2.24, 2.45) is 11.8 Å². The Kier molecular flexibility index (Phi) is 10.7. The van der Waals surface area contributed by atoms with Gasteiger partial charge in [-0.1, -0.05) is 18.5 Å². The lowest BCUT2D eigenvalue weighted by Gasteiger charge is -2.28. The molecule has 1 amide bonds. The van der Waals surface area contributed by atoms with E-state index >= 15 is 0 Å². The molecule has 2 N–H and O–H groups in total. The molecule has 2 atom stereocenters. The molecule has 1 aromatic carbocycles. The van der Waals surface area contributed by atoms with E-state index in [0.717, 1.165) is 24.5 Å². The summed E-state index contributed by atoms with van der Waals surface area (Å²) < 4.78 is 0. The molecule has 0 aromatic heterocycles. The van der Waals surface area contributed by atoms with Gasteiger partial charge < -0.3 is 15.5 Å². The molecule has 0 spiro atoms. The zero-order valence-corrected chi connectivity index (χ0v) is 16.9. The molecule has 1 fully saturated rings. The normalized spacial score (nSPS) is 17.9. The summed E-state index contributed by atoms with van der Waals surface area (Å²) in [7, 11) is 3.91. The van der Waals surface area contributed by atoms with Crippen LogP contribution in [-0.2, 0) is 4.79 Å². The molecule has 0 radical (unpaired) electrons. The van der Waals surface area contributed by atoms with Crippen LogP contribution in [0.2, 0.25) is 5.02 Å². The van der Waals surface area contributed by atoms with Crippen molar-refractivity contribution in [1.82, 2.24) is 5.32 Å². The first-order valence-electron chi connectivity index (χ1n) is 7.95. The second-order valence-corrected chi connectivity index (χ2v) is 6.83. The van der Waals surface area contributed by atoms with Gasteiger partial charge in [0, 0.05) is 25.5 Å². The van der Waals surface area contributed by atoms with Crippen molar-refractivity contribution in [2.75, 3.05) is 37.4 Å². The lowest BCUT2D eigenvalue weighted by Crippen LogP contribution is -2.34. The van der Waals surface area contributed by atoms with Gasteiger partial charge in [0.15, 0.2) is 0 Å². The van der Waals surface area contributed by atoms with Crippen LogP contribution in [0.5, 0.6) is 0 Å². The van der Waals surface area contributed by atoms with E-state index in [2.05, 4.69) is 17.6 Å². The molecule has 24 heavy (non-hydrogen) atoms. The van der Waals surface area contributed by atoms with Crippen molar-refractivity contribution in [3.05, 3.63) is 23.2 Å². The van der Waals surface area contributed by atoms with Crippen LogP contribution in [0.25, 0.3) is 0 Å². The van der Waals surface area contributed by atoms with Crippen molar-refractivity contribution in [1.29, 1.82) is 0 Å². The second-order valence-electron chi connectivity index (χ2n) is 6.39. The Hall–Kier alpha value is -0.680. The maximum atomic E-state index is 12.4. The second kappa shape index (κ2) is 11.0. The Bertz CT molecular complexity index is 520. The van der Waals surface area contributed by atoms with E-state index < -0.39 is 0 Å². The van der Waals surface area contributed by atoms with Crippen LogP contribution < -0.4 is 15.5 Å². The first-order chi connectivity index (χ1) is 10.5. The molecule has 0 bridgehead atoms. The van der Waals surface area contributed by atoms with Gasteiger partial charge in [-0.3, -0.25) is 4.79 Å². The molecule has 0 saturated carbocycles. The molecule has 1 aliphatic heterocycles. The number of anilines is 2. The number of carbonyl (C=O) groups is 1. The van der Waals surface area contributed by atoms with Gasteiger partial charge in [0.2, 0.25) is 5.91 Å². The summed E-state index contributed by atoms with van der Waals surface area (Å²) in [6.07, 6.45) is 2.96. The fourth-order valence-electron chi connectivity index (χ4n) is 3.02. The van der Waals surface area contributed by atoms with Gasteiger partial charge in [-0.2, -0.15) is 0 Å². The monoisotopic (exact) mass is 395 g/mol. The number of benzene rings is 1. The summed E-state index contributed by atoms with van der Waals surface area (Å²) in [6, 6.07) is 5.57. The molecule has 1 heterocycles. The fraction of sp³-hybridized carbons (Fsp3) is 0.588. The van der Waals surface area contributed by atoms with Crippen LogP contribution in [-0.4, -0.2) is 33.1 Å². The number of halogens is 3. The molecule has 0 aliphatic carbocycles. The number of hydrogen-bond donors (Lipinski definition) is 2. The van der Waals surface area contributed by atoms with E-state index in [0.29, 0.717) is 23.3 Å². The predicted octanol–water partition coefficient (Wildman–Crippen LogP) is 4.21. The van der Waals surface area contributed by atoms with E-state index in [1.807, 2.05) is 37.2 Å². The zero-order valence-electron chi connectivity index (χ0n) is 14.5. The highest BCUT2D eigenvalue weighted by Crippen LogP contribution is 2.29. The van der Waals surface area contributed by atoms with Crippen molar-refractivity contribution >= 4 is 53.7 Å². The Morgan fingerprint density at radius 1 is 1.42 bits per heavy atom. The molecular weight excluding hydrogens is 369 g/mol. The number of hydrogen-bond acceptors (Lipinski definition) is 3. The Balaban J connectivity index is 0.00000264. The van der Waals surface area contributed by atoms with Crippen molar-refractivity contribution in [3.63, 3.8) is 0 Å². The molecular formula is C17H28Cl3N3O. The topological polar surface area (TPSA) is 44.4 Å². The minimum absolute atomic E-state index is 0. The molecule has 2 unspecified atom stereocenters. The molecule has 7 heteroatoms. The zero-order chi connectivity index (χ0) is 16.1. The van der Waals surface area contributed by atoms with Crippen LogP contribution >= 0.6 is 36.4 Å². The lowest BCUT2D eigenvalue weighted by molar-refractivity contribution is -0.117. The minimum Gasteiger partial charge on any atom is -0.376 e. The van der Waals surface area contributed by atoms with Gasteiger partial charge >= 0.3 is 0 Å². The Labute approximate surface area is 162 Å². The fourth-order valence-corrected chi connectivity index (χ4v) is 3.20. The molecule has 1 aromatic rings. The highest BCUT2D eigenvalue weighted by atomic mass is 35.5. The van der Waals surface area contributed by atoms with Gasteiger partial charge in [0.25, 0.3) is 0 Å². The van der Waals surface area contributed by atoms with Gasteiger partial charge in [-0.05, 0) is 56.0 Å². The predicted molar refractivity (Wildman–Crippen MR) is 108 cm³/mol. The summed E-state index contributed by atoms with van der Waals surface area (Å²) in [5.41, 5.74) is 1.74. The Morgan fingerprint density at radius 3 is 2.71 bits per heavy atom. The Morgan fingerprint density at radius 2 is 2.12 bits per heavy atom. The van der Waals surface area contributed by atoms with Crippen LogP contribution in [0.3, 0.4) is 0 Å². The van der Waals surface area contributed by atoms with Crippen LogP contribution in [0, 0.1) is 11.8 Å². The summed E-state index contributed by atoms with van der Waals surface area (Å²) in [5.74, 6) is 1.03. The van der Waals surface area contributed by atoms with E-state index in [1.54, 1.807) is 0 Å². The SMILES string of the molecule is CC(CC(=O)Nc1cc(Cl)ccc1N(C)C)C1CCCNC1.Cl.Cl. The van der Waals surface area contributed by atoms with Crippen molar-refractivity contribution in [3.8, 4) is 0 Å². The van der Waals surface area contributed by atoms with Crippen molar-refractivity contribution in [2.45, 2.75) is 26.2 Å². The van der Waals surface area contributed by atoms with Gasteiger partial charge in [-0.15, -0.1) is 24.8 Å². The molecule has 4 nitrogen and oxygen atoms in total. The molecule has 1 saturated heterocycles. The van der Waals surface area contributed by atoms with Crippen LogP contribution in [0.1, 0.15) is 26.2 Å². The smallest absolute Gasteiger partial charge is 0.224 e. The van der Waals surface area contributed by atoms with E-state index in [9.17, 15) is 4.79 Å². The first-order valence-corrected chi connectivity index (χ1v) is 8.32.